The van der Waals surface area contributed by atoms with E-state index in [-0.39, 0.29) is 0 Å². The van der Waals surface area contributed by atoms with Crippen LogP contribution in [0.4, 0.5) is 13.2 Å². The number of benzene rings is 1. The van der Waals surface area contributed by atoms with Gasteiger partial charge in [0, 0.05) is 12.0 Å². The van der Waals surface area contributed by atoms with Crippen LogP contribution < -0.4 is 0 Å². The fourth-order valence-electron chi connectivity index (χ4n) is 1.05. The lowest BCUT2D eigenvalue weighted by atomic mass is 10.2. The van der Waals surface area contributed by atoms with Crippen LogP contribution in [0.1, 0.15) is 5.56 Å². The van der Waals surface area contributed by atoms with Gasteiger partial charge in [0.1, 0.15) is 0 Å². The average Bonchev–Trinajstić information content (AvgIpc) is 2.28. The first-order chi connectivity index (χ1) is 8.04. The second-order valence-corrected chi connectivity index (χ2v) is 4.18. The molecule has 0 aliphatic heterocycles. The third kappa shape index (κ3) is 5.43. The van der Waals surface area contributed by atoms with E-state index in [0.717, 1.165) is 17.0 Å². The SMILES string of the molecule is COCCOCSc1ccc(C(F)(F)F)cc1. The molecule has 2 nitrogen and oxygen atoms in total. The summed E-state index contributed by atoms with van der Waals surface area (Å²) in [7, 11) is 1.58. The topological polar surface area (TPSA) is 18.5 Å². The van der Waals surface area contributed by atoms with E-state index in [9.17, 15) is 13.2 Å². The number of alkyl halides is 3. The molecule has 0 heterocycles. The quantitative estimate of drug-likeness (QED) is 0.446. The highest BCUT2D eigenvalue weighted by atomic mass is 32.2. The van der Waals surface area contributed by atoms with E-state index in [2.05, 4.69) is 0 Å². The number of halogens is 3. The second-order valence-electron chi connectivity index (χ2n) is 3.19. The molecule has 0 N–H and O–H groups in total. The van der Waals surface area contributed by atoms with Crippen LogP contribution in [0.2, 0.25) is 0 Å². The van der Waals surface area contributed by atoms with E-state index >= 15 is 0 Å². The van der Waals surface area contributed by atoms with Crippen LogP contribution in [0.25, 0.3) is 0 Å². The van der Waals surface area contributed by atoms with Gasteiger partial charge in [-0.05, 0) is 24.3 Å². The van der Waals surface area contributed by atoms with E-state index in [4.69, 9.17) is 9.47 Å². The Morgan fingerprint density at radius 2 is 1.76 bits per heavy atom. The summed E-state index contributed by atoms with van der Waals surface area (Å²) in [6.45, 7) is 0.984. The first-order valence-corrected chi connectivity index (χ1v) is 5.89. The van der Waals surface area contributed by atoms with Crippen LogP contribution in [-0.4, -0.2) is 26.3 Å². The maximum atomic E-state index is 12.3. The summed E-state index contributed by atoms with van der Waals surface area (Å²) >= 11 is 1.35. The Morgan fingerprint density at radius 3 is 2.29 bits per heavy atom. The Bertz CT molecular complexity index is 324. The summed E-state index contributed by atoms with van der Waals surface area (Å²) in [5.41, 5.74) is -0.637. The lowest BCUT2D eigenvalue weighted by molar-refractivity contribution is -0.137. The first-order valence-electron chi connectivity index (χ1n) is 4.91. The van der Waals surface area contributed by atoms with E-state index in [1.165, 1.54) is 23.9 Å². The predicted octanol–water partition coefficient (Wildman–Crippen LogP) is 3.42. The Morgan fingerprint density at radius 1 is 1.12 bits per heavy atom. The molecule has 0 radical (unpaired) electrons. The minimum Gasteiger partial charge on any atom is -0.382 e. The second kappa shape index (κ2) is 6.88. The molecule has 0 saturated heterocycles. The normalized spacial score (nSPS) is 11.8. The van der Waals surface area contributed by atoms with Crippen LogP contribution in [0, 0.1) is 0 Å². The molecular formula is C11H13F3O2S. The van der Waals surface area contributed by atoms with Gasteiger partial charge in [-0.2, -0.15) is 13.2 Å². The van der Waals surface area contributed by atoms with Gasteiger partial charge >= 0.3 is 6.18 Å². The summed E-state index contributed by atoms with van der Waals surface area (Å²) < 4.78 is 46.8. The summed E-state index contributed by atoms with van der Waals surface area (Å²) in [6.07, 6.45) is -4.28. The van der Waals surface area contributed by atoms with Gasteiger partial charge in [0.2, 0.25) is 0 Å². The molecule has 17 heavy (non-hydrogen) atoms. The predicted molar refractivity (Wildman–Crippen MR) is 60.0 cm³/mol. The van der Waals surface area contributed by atoms with Crippen LogP contribution in [0.15, 0.2) is 29.2 Å². The molecule has 1 rings (SSSR count). The van der Waals surface area contributed by atoms with Crippen LogP contribution >= 0.6 is 11.8 Å². The highest BCUT2D eigenvalue weighted by Crippen LogP contribution is 2.30. The largest absolute Gasteiger partial charge is 0.416 e. The summed E-state index contributed by atoms with van der Waals surface area (Å²) in [5, 5.41) is 0. The molecule has 0 amide bonds. The summed E-state index contributed by atoms with van der Waals surface area (Å²) in [6, 6.07) is 5.01. The van der Waals surface area contributed by atoms with Crippen molar-refractivity contribution in [2.75, 3.05) is 26.3 Å². The van der Waals surface area contributed by atoms with Gasteiger partial charge in [0.25, 0.3) is 0 Å². The van der Waals surface area contributed by atoms with Crippen molar-refractivity contribution in [2.24, 2.45) is 0 Å². The lowest BCUT2D eigenvalue weighted by Crippen LogP contribution is -2.04. The average molecular weight is 266 g/mol. The van der Waals surface area contributed by atoms with Crippen molar-refractivity contribution >= 4 is 11.8 Å². The molecule has 0 fully saturated rings. The zero-order valence-electron chi connectivity index (χ0n) is 9.29. The highest BCUT2D eigenvalue weighted by molar-refractivity contribution is 7.99. The van der Waals surface area contributed by atoms with Crippen molar-refractivity contribution in [3.63, 3.8) is 0 Å². The van der Waals surface area contributed by atoms with Crippen molar-refractivity contribution in [1.82, 2.24) is 0 Å². The zero-order valence-corrected chi connectivity index (χ0v) is 10.1. The molecule has 0 unspecified atom stereocenters. The third-order valence-electron chi connectivity index (χ3n) is 1.92. The Hall–Kier alpha value is -0.720. The number of hydrogen-bond donors (Lipinski definition) is 0. The molecule has 0 aromatic heterocycles. The molecule has 0 saturated carbocycles. The molecule has 6 heteroatoms. The van der Waals surface area contributed by atoms with E-state index in [1.54, 1.807) is 7.11 Å². The maximum absolute atomic E-state index is 12.3. The van der Waals surface area contributed by atoms with Gasteiger partial charge in [-0.25, -0.2) is 0 Å². The van der Waals surface area contributed by atoms with Crippen molar-refractivity contribution < 1.29 is 22.6 Å². The van der Waals surface area contributed by atoms with Gasteiger partial charge in [-0.3, -0.25) is 0 Å². The van der Waals surface area contributed by atoms with Crippen molar-refractivity contribution in [1.29, 1.82) is 0 Å². The van der Waals surface area contributed by atoms with E-state index in [0.29, 0.717) is 19.2 Å². The molecule has 0 bridgehead atoms. The van der Waals surface area contributed by atoms with E-state index in [1.807, 2.05) is 0 Å². The minimum atomic E-state index is -4.28. The molecule has 1 aromatic rings. The smallest absolute Gasteiger partial charge is 0.382 e. The van der Waals surface area contributed by atoms with Gasteiger partial charge < -0.3 is 9.47 Å². The van der Waals surface area contributed by atoms with Crippen LogP contribution in [0.5, 0.6) is 0 Å². The molecule has 0 aliphatic carbocycles. The Balaban J connectivity index is 2.36. The summed E-state index contributed by atoms with van der Waals surface area (Å²) in [4.78, 5) is 0.746. The van der Waals surface area contributed by atoms with Crippen molar-refractivity contribution in [3.05, 3.63) is 29.8 Å². The fourth-order valence-corrected chi connectivity index (χ4v) is 1.72. The fraction of sp³-hybridized carbons (Fsp3) is 0.455. The maximum Gasteiger partial charge on any atom is 0.416 e. The monoisotopic (exact) mass is 266 g/mol. The number of thioether (sulfide) groups is 1. The molecule has 1 aromatic carbocycles. The van der Waals surface area contributed by atoms with Crippen LogP contribution in [-0.2, 0) is 15.7 Å². The van der Waals surface area contributed by atoms with Gasteiger partial charge in [0.15, 0.2) is 0 Å². The number of hydrogen-bond acceptors (Lipinski definition) is 3. The van der Waals surface area contributed by atoms with E-state index < -0.39 is 11.7 Å². The third-order valence-corrected chi connectivity index (χ3v) is 2.81. The summed E-state index contributed by atoms with van der Waals surface area (Å²) in [5.74, 6) is 0.398. The number of rotatable bonds is 6. The molecular weight excluding hydrogens is 253 g/mol. The first kappa shape index (κ1) is 14.3. The van der Waals surface area contributed by atoms with Gasteiger partial charge in [-0.15, -0.1) is 0 Å². The standard InChI is InChI=1S/C11H13F3O2S/c1-15-6-7-16-8-17-10-4-2-9(3-5-10)11(12,13)14/h2-5H,6-8H2,1H3. The van der Waals surface area contributed by atoms with Crippen molar-refractivity contribution in [2.45, 2.75) is 11.1 Å². The van der Waals surface area contributed by atoms with Crippen LogP contribution in [0.3, 0.4) is 0 Å². The molecule has 96 valence electrons. The molecule has 0 aliphatic rings. The van der Waals surface area contributed by atoms with Crippen molar-refractivity contribution in [3.8, 4) is 0 Å². The number of methoxy groups -OCH3 is 1. The van der Waals surface area contributed by atoms with Gasteiger partial charge in [-0.1, -0.05) is 11.8 Å². The lowest BCUT2D eigenvalue weighted by Gasteiger charge is -2.07. The molecule has 0 spiro atoms. The number of ether oxygens (including phenoxy) is 2. The highest BCUT2D eigenvalue weighted by Gasteiger charge is 2.29. The zero-order chi connectivity index (χ0) is 12.7. The Labute approximate surface area is 102 Å². The Kier molecular flexibility index (Phi) is 5.80. The molecule has 0 atom stereocenters. The van der Waals surface area contributed by atoms with Gasteiger partial charge in [0.05, 0.1) is 24.7 Å². The minimum absolute atomic E-state index is 0.398.